The Bertz CT molecular complexity index is 394. The smallest absolute Gasteiger partial charge is 0.319 e. The summed E-state index contributed by atoms with van der Waals surface area (Å²) < 4.78 is 26.5. The summed E-state index contributed by atoms with van der Waals surface area (Å²) in [5.74, 6) is 0.882. The number of alkyl halides is 2. The van der Waals surface area contributed by atoms with Gasteiger partial charge in [0.2, 0.25) is 0 Å². The van der Waals surface area contributed by atoms with Gasteiger partial charge in [-0.3, -0.25) is 9.47 Å². The number of rotatable bonds is 5. The van der Waals surface area contributed by atoms with E-state index in [4.69, 9.17) is 5.73 Å². The molecule has 1 saturated carbocycles. The molecule has 1 fully saturated rings. The van der Waals surface area contributed by atoms with Crippen molar-refractivity contribution in [2.24, 2.45) is 11.7 Å². The topological polar surface area (TPSA) is 47.1 Å². The minimum absolute atomic E-state index is 0.376. The molecule has 2 unspecified atom stereocenters. The molecule has 0 amide bonds. The molecule has 1 aromatic rings. The highest BCUT2D eigenvalue weighted by atomic mass is 19.3. The third kappa shape index (κ3) is 3.30. The molecular weight excluding hydrogens is 250 g/mol. The van der Waals surface area contributed by atoms with Gasteiger partial charge in [0.1, 0.15) is 5.82 Å². The summed E-state index contributed by atoms with van der Waals surface area (Å²) in [6.07, 6.45) is 7.39. The molecule has 108 valence electrons. The number of aromatic nitrogens is 2. The zero-order valence-corrected chi connectivity index (χ0v) is 11.3. The van der Waals surface area contributed by atoms with Crippen LogP contribution in [-0.2, 0) is 6.54 Å². The molecule has 0 spiro atoms. The van der Waals surface area contributed by atoms with Gasteiger partial charge in [-0.25, -0.2) is 4.98 Å². The second kappa shape index (κ2) is 6.43. The molecule has 2 N–H and O–H groups in total. The van der Waals surface area contributed by atoms with E-state index in [1.165, 1.54) is 25.2 Å². The van der Waals surface area contributed by atoms with E-state index in [0.29, 0.717) is 30.9 Å². The van der Waals surface area contributed by atoms with Crippen LogP contribution in [0.4, 0.5) is 8.78 Å². The van der Waals surface area contributed by atoms with E-state index in [1.807, 2.05) is 7.05 Å². The first-order valence-electron chi connectivity index (χ1n) is 6.83. The Morgan fingerprint density at radius 2 is 2.21 bits per heavy atom. The van der Waals surface area contributed by atoms with Crippen LogP contribution in [0.2, 0.25) is 0 Å². The minimum atomic E-state index is -2.53. The zero-order chi connectivity index (χ0) is 13.8. The van der Waals surface area contributed by atoms with Crippen LogP contribution in [0.3, 0.4) is 0 Å². The fourth-order valence-electron chi connectivity index (χ4n) is 3.03. The first-order chi connectivity index (χ1) is 9.13. The van der Waals surface area contributed by atoms with Crippen molar-refractivity contribution >= 4 is 0 Å². The molecule has 2 rings (SSSR count). The molecule has 0 aromatic carbocycles. The Hall–Kier alpha value is -1.01. The van der Waals surface area contributed by atoms with Crippen molar-refractivity contribution in [3.8, 4) is 0 Å². The van der Waals surface area contributed by atoms with Gasteiger partial charge >= 0.3 is 6.55 Å². The van der Waals surface area contributed by atoms with E-state index in [9.17, 15) is 8.78 Å². The van der Waals surface area contributed by atoms with Crippen LogP contribution in [-0.4, -0.2) is 34.1 Å². The summed E-state index contributed by atoms with van der Waals surface area (Å²) in [5, 5.41) is 0. The van der Waals surface area contributed by atoms with Gasteiger partial charge in [0.05, 0.1) is 6.54 Å². The van der Waals surface area contributed by atoms with E-state index in [1.54, 1.807) is 0 Å². The molecule has 1 aromatic heterocycles. The summed E-state index contributed by atoms with van der Waals surface area (Å²) in [6, 6.07) is 0.376. The van der Waals surface area contributed by atoms with Crippen molar-refractivity contribution in [1.29, 1.82) is 0 Å². The standard InChI is InChI=1S/C13H22F2N4/c1-18(11-5-3-2-4-10(11)8-16)9-12-17-6-7-19(12)13(14)15/h6-7,10-11,13H,2-5,8-9,16H2,1H3. The summed E-state index contributed by atoms with van der Waals surface area (Å²) in [5.41, 5.74) is 5.82. The Labute approximate surface area is 112 Å². The molecule has 6 heteroatoms. The van der Waals surface area contributed by atoms with Crippen LogP contribution in [0.25, 0.3) is 0 Å². The van der Waals surface area contributed by atoms with Gasteiger partial charge in [-0.1, -0.05) is 12.8 Å². The average Bonchev–Trinajstić information content (AvgIpc) is 2.87. The maximum atomic E-state index is 12.8. The molecule has 4 nitrogen and oxygen atoms in total. The van der Waals surface area contributed by atoms with Crippen LogP contribution in [0.5, 0.6) is 0 Å². The van der Waals surface area contributed by atoms with Gasteiger partial charge in [0.25, 0.3) is 0 Å². The highest BCUT2D eigenvalue weighted by molar-refractivity contribution is 4.94. The Kier molecular flexibility index (Phi) is 4.87. The van der Waals surface area contributed by atoms with Crippen molar-refractivity contribution in [1.82, 2.24) is 14.5 Å². The monoisotopic (exact) mass is 272 g/mol. The summed E-state index contributed by atoms with van der Waals surface area (Å²) in [6.45, 7) is -1.42. The summed E-state index contributed by atoms with van der Waals surface area (Å²) >= 11 is 0. The SMILES string of the molecule is CN(Cc1nccn1C(F)F)C1CCCCC1CN. The number of halogens is 2. The number of nitrogens with zero attached hydrogens (tertiary/aromatic N) is 3. The second-order valence-corrected chi connectivity index (χ2v) is 5.29. The highest BCUT2D eigenvalue weighted by Gasteiger charge is 2.28. The summed E-state index contributed by atoms with van der Waals surface area (Å²) in [4.78, 5) is 6.16. The largest absolute Gasteiger partial charge is 0.330 e. The van der Waals surface area contributed by atoms with Crippen LogP contribution in [0.15, 0.2) is 12.4 Å². The van der Waals surface area contributed by atoms with E-state index in [-0.39, 0.29) is 0 Å². The molecule has 1 aliphatic carbocycles. The normalized spacial score (nSPS) is 24.3. The second-order valence-electron chi connectivity index (χ2n) is 5.29. The van der Waals surface area contributed by atoms with E-state index in [2.05, 4.69) is 9.88 Å². The number of imidazole rings is 1. The van der Waals surface area contributed by atoms with Gasteiger partial charge in [0, 0.05) is 18.4 Å². The molecular formula is C13H22F2N4. The summed E-state index contributed by atoms with van der Waals surface area (Å²) in [7, 11) is 1.98. The molecule has 0 aliphatic heterocycles. The molecule has 2 atom stereocenters. The van der Waals surface area contributed by atoms with Gasteiger partial charge in [0.15, 0.2) is 0 Å². The first kappa shape index (κ1) is 14.4. The predicted molar refractivity (Wildman–Crippen MR) is 69.7 cm³/mol. The molecule has 0 bridgehead atoms. The lowest BCUT2D eigenvalue weighted by atomic mass is 9.84. The van der Waals surface area contributed by atoms with Crippen molar-refractivity contribution in [2.75, 3.05) is 13.6 Å². The Morgan fingerprint density at radius 3 is 2.89 bits per heavy atom. The van der Waals surface area contributed by atoms with Crippen molar-refractivity contribution in [3.63, 3.8) is 0 Å². The highest BCUT2D eigenvalue weighted by Crippen LogP contribution is 2.28. The fourth-order valence-corrected chi connectivity index (χ4v) is 3.03. The minimum Gasteiger partial charge on any atom is -0.330 e. The number of hydrogen-bond donors (Lipinski definition) is 1. The fraction of sp³-hybridized carbons (Fsp3) is 0.769. The number of hydrogen-bond acceptors (Lipinski definition) is 3. The third-order valence-corrected chi connectivity index (χ3v) is 4.09. The molecule has 0 saturated heterocycles. The molecule has 1 heterocycles. The van der Waals surface area contributed by atoms with Crippen molar-refractivity contribution in [3.05, 3.63) is 18.2 Å². The van der Waals surface area contributed by atoms with Crippen molar-refractivity contribution in [2.45, 2.75) is 44.8 Å². The lowest BCUT2D eigenvalue weighted by Gasteiger charge is -2.37. The Morgan fingerprint density at radius 1 is 1.47 bits per heavy atom. The lowest BCUT2D eigenvalue weighted by Crippen LogP contribution is -2.43. The van der Waals surface area contributed by atoms with Gasteiger partial charge in [-0.05, 0) is 32.4 Å². The third-order valence-electron chi connectivity index (χ3n) is 4.09. The van der Waals surface area contributed by atoms with Gasteiger partial charge < -0.3 is 5.73 Å². The molecule has 19 heavy (non-hydrogen) atoms. The van der Waals surface area contributed by atoms with E-state index in [0.717, 1.165) is 17.4 Å². The quantitative estimate of drug-likeness (QED) is 0.894. The molecule has 1 aliphatic rings. The van der Waals surface area contributed by atoms with Gasteiger partial charge in [-0.2, -0.15) is 8.78 Å². The van der Waals surface area contributed by atoms with Crippen LogP contribution < -0.4 is 5.73 Å². The molecule has 0 radical (unpaired) electrons. The van der Waals surface area contributed by atoms with Crippen LogP contribution >= 0.6 is 0 Å². The number of nitrogens with two attached hydrogens (primary N) is 1. The maximum Gasteiger partial charge on any atom is 0.319 e. The Balaban J connectivity index is 2.03. The van der Waals surface area contributed by atoms with E-state index >= 15 is 0 Å². The van der Waals surface area contributed by atoms with E-state index < -0.39 is 6.55 Å². The predicted octanol–water partition coefficient (Wildman–Crippen LogP) is 2.23. The average molecular weight is 272 g/mol. The first-order valence-corrected chi connectivity index (χ1v) is 6.83. The lowest BCUT2D eigenvalue weighted by molar-refractivity contribution is 0.0599. The zero-order valence-electron chi connectivity index (χ0n) is 11.3. The van der Waals surface area contributed by atoms with Crippen LogP contribution in [0.1, 0.15) is 38.1 Å². The van der Waals surface area contributed by atoms with Gasteiger partial charge in [-0.15, -0.1) is 0 Å². The maximum absolute atomic E-state index is 12.8. The van der Waals surface area contributed by atoms with Crippen LogP contribution in [0, 0.1) is 5.92 Å². The van der Waals surface area contributed by atoms with Crippen molar-refractivity contribution < 1.29 is 8.78 Å².